The molecule has 0 aliphatic heterocycles. The van der Waals surface area contributed by atoms with Gasteiger partial charge >= 0.3 is 12.1 Å². The van der Waals surface area contributed by atoms with Gasteiger partial charge in [0.05, 0.1) is 6.42 Å². The zero-order valence-electron chi connectivity index (χ0n) is 13.2. The number of rotatable bonds is 8. The Balaban J connectivity index is 1.72. The number of anilines is 1. The molecule has 2 aromatic rings. The van der Waals surface area contributed by atoms with Crippen LogP contribution in [0, 0.1) is 0 Å². The number of carbonyl (C=O) groups excluding carboxylic acids is 1. The van der Waals surface area contributed by atoms with Gasteiger partial charge < -0.3 is 9.84 Å². The molecule has 0 radical (unpaired) electrons. The van der Waals surface area contributed by atoms with Crippen LogP contribution in [0.4, 0.5) is 10.5 Å². The van der Waals surface area contributed by atoms with Gasteiger partial charge in [0.15, 0.2) is 0 Å². The Kier molecular flexibility index (Phi) is 8.03. The predicted molar refractivity (Wildman–Crippen MR) is 105 cm³/mol. The van der Waals surface area contributed by atoms with Gasteiger partial charge in [-0.2, -0.15) is 0 Å². The van der Waals surface area contributed by atoms with Crippen LogP contribution in [0.25, 0.3) is 0 Å². The molecule has 0 heterocycles. The molecule has 8 heteroatoms. The number of carbonyl (C=O) groups is 2. The highest BCUT2D eigenvalue weighted by Gasteiger charge is 2.04. The van der Waals surface area contributed by atoms with E-state index in [4.69, 9.17) is 9.84 Å². The molecule has 2 N–H and O–H groups in total. The number of aliphatic carboxylic acids is 1. The minimum absolute atomic E-state index is 0.148. The van der Waals surface area contributed by atoms with Crippen molar-refractivity contribution >= 4 is 52.0 Å². The number of benzene rings is 2. The van der Waals surface area contributed by atoms with Crippen molar-refractivity contribution in [1.29, 1.82) is 0 Å². The van der Waals surface area contributed by atoms with Crippen LogP contribution in [-0.4, -0.2) is 22.9 Å². The molecule has 0 saturated heterocycles. The molecule has 1 amide bonds. The average molecular weight is 396 g/mol. The number of amides is 1. The lowest BCUT2D eigenvalue weighted by atomic mass is 10.2. The summed E-state index contributed by atoms with van der Waals surface area (Å²) in [6.45, 7) is 0.174. The topological polar surface area (TPSA) is 75.6 Å². The van der Waals surface area contributed by atoms with Gasteiger partial charge in [-0.05, 0) is 42.0 Å². The van der Waals surface area contributed by atoms with Gasteiger partial charge in [0.2, 0.25) is 0 Å². The molecule has 0 saturated carbocycles. The molecule has 132 valence electrons. The van der Waals surface area contributed by atoms with Gasteiger partial charge in [0.25, 0.3) is 0 Å². The molecule has 0 atom stereocenters. The smallest absolute Gasteiger partial charge is 0.411 e. The first-order chi connectivity index (χ1) is 12.0. The molecule has 0 unspecified atom stereocenters. The zero-order chi connectivity index (χ0) is 18.1. The van der Waals surface area contributed by atoms with Crippen LogP contribution >= 0.6 is 34.2 Å². The van der Waals surface area contributed by atoms with Crippen LogP contribution in [0.15, 0.2) is 58.3 Å². The summed E-state index contributed by atoms with van der Waals surface area (Å²) in [5.74, 6) is -0.236. The Morgan fingerprint density at radius 1 is 1.08 bits per heavy atom. The molecular weight excluding hydrogens is 378 g/mol. The number of thiol groups is 1. The van der Waals surface area contributed by atoms with Crippen molar-refractivity contribution in [2.75, 3.05) is 11.1 Å². The van der Waals surface area contributed by atoms with Gasteiger partial charge in [-0.15, -0.1) is 12.6 Å². The third-order valence-corrected chi connectivity index (χ3v) is 5.64. The summed E-state index contributed by atoms with van der Waals surface area (Å²) in [4.78, 5) is 24.0. The summed E-state index contributed by atoms with van der Waals surface area (Å²) in [6.07, 6.45) is -0.371. The SMILES string of the molecule is O=C(O)CCSSc1ccc(COC(=O)Nc2ccc(S)cc2)cc1. The molecule has 2 rings (SSSR count). The first-order valence-corrected chi connectivity index (χ1v) is 10.1. The Bertz CT molecular complexity index is 705. The summed E-state index contributed by atoms with van der Waals surface area (Å²) < 4.78 is 5.18. The van der Waals surface area contributed by atoms with Crippen LogP contribution in [-0.2, 0) is 16.1 Å². The molecule has 0 aromatic heterocycles. The summed E-state index contributed by atoms with van der Waals surface area (Å²) in [5, 5.41) is 11.2. The average Bonchev–Trinajstić information content (AvgIpc) is 2.60. The van der Waals surface area contributed by atoms with E-state index in [-0.39, 0.29) is 13.0 Å². The fraction of sp³-hybridized carbons (Fsp3) is 0.176. The summed E-state index contributed by atoms with van der Waals surface area (Å²) in [6, 6.07) is 14.6. The Morgan fingerprint density at radius 3 is 2.40 bits per heavy atom. The maximum Gasteiger partial charge on any atom is 0.411 e. The number of ether oxygens (including phenoxy) is 1. The highest BCUT2D eigenvalue weighted by atomic mass is 33.1. The summed E-state index contributed by atoms with van der Waals surface area (Å²) in [7, 11) is 3.02. The normalized spacial score (nSPS) is 10.3. The van der Waals surface area contributed by atoms with E-state index in [1.54, 1.807) is 24.3 Å². The highest BCUT2D eigenvalue weighted by molar-refractivity contribution is 8.76. The van der Waals surface area contributed by atoms with Gasteiger partial charge in [-0.3, -0.25) is 10.1 Å². The molecule has 0 fully saturated rings. The van der Waals surface area contributed by atoms with Gasteiger partial charge in [0.1, 0.15) is 6.61 Å². The molecular formula is C17H17NO4S3. The second-order valence-corrected chi connectivity index (χ2v) is 7.95. The van der Waals surface area contributed by atoms with E-state index in [1.165, 1.54) is 21.6 Å². The number of carboxylic acid groups (broad SMARTS) is 1. The fourth-order valence-electron chi connectivity index (χ4n) is 1.73. The lowest BCUT2D eigenvalue weighted by Gasteiger charge is -2.08. The Morgan fingerprint density at radius 2 is 1.76 bits per heavy atom. The second kappa shape index (κ2) is 10.3. The molecule has 0 aliphatic carbocycles. The molecule has 5 nitrogen and oxygen atoms in total. The van der Waals surface area contributed by atoms with Gasteiger partial charge in [-0.1, -0.05) is 33.7 Å². The molecule has 25 heavy (non-hydrogen) atoms. The standard InChI is InChI=1S/C17H17NO4S3/c19-16(20)9-10-24-25-15-7-1-12(2-8-15)11-22-17(21)18-13-3-5-14(23)6-4-13/h1-8,23H,9-11H2,(H,18,21)(H,19,20). The number of hydrogen-bond donors (Lipinski definition) is 3. The highest BCUT2D eigenvalue weighted by Crippen LogP contribution is 2.31. The largest absolute Gasteiger partial charge is 0.481 e. The number of carboxylic acids is 1. The Labute approximate surface area is 159 Å². The lowest BCUT2D eigenvalue weighted by molar-refractivity contribution is -0.136. The van der Waals surface area contributed by atoms with Crippen LogP contribution in [0.3, 0.4) is 0 Å². The van der Waals surface area contributed by atoms with E-state index in [2.05, 4.69) is 17.9 Å². The molecule has 0 spiro atoms. The molecule has 2 aromatic carbocycles. The quantitative estimate of drug-likeness (QED) is 0.334. The zero-order valence-corrected chi connectivity index (χ0v) is 15.7. The van der Waals surface area contributed by atoms with Crippen LogP contribution < -0.4 is 5.32 Å². The lowest BCUT2D eigenvalue weighted by Crippen LogP contribution is -2.13. The minimum atomic E-state index is -0.791. The van der Waals surface area contributed by atoms with Crippen molar-refractivity contribution in [2.24, 2.45) is 0 Å². The predicted octanol–water partition coefficient (Wildman–Crippen LogP) is 4.94. The van der Waals surface area contributed by atoms with Crippen molar-refractivity contribution in [1.82, 2.24) is 0 Å². The second-order valence-electron chi connectivity index (χ2n) is 4.94. The van der Waals surface area contributed by atoms with Crippen molar-refractivity contribution in [3.8, 4) is 0 Å². The van der Waals surface area contributed by atoms with Crippen molar-refractivity contribution in [3.63, 3.8) is 0 Å². The fourth-order valence-corrected chi connectivity index (χ4v) is 3.84. The van der Waals surface area contributed by atoms with Gasteiger partial charge in [-0.25, -0.2) is 4.79 Å². The molecule has 0 aliphatic rings. The summed E-state index contributed by atoms with van der Waals surface area (Å²) >= 11 is 4.18. The third kappa shape index (κ3) is 7.76. The first kappa shape index (κ1) is 19.6. The number of nitrogens with one attached hydrogen (secondary N) is 1. The van der Waals surface area contributed by atoms with Gasteiger partial charge in [0, 0.05) is 21.2 Å². The van der Waals surface area contributed by atoms with E-state index in [1.807, 2.05) is 24.3 Å². The maximum absolute atomic E-state index is 11.8. The van der Waals surface area contributed by atoms with Crippen LogP contribution in [0.5, 0.6) is 0 Å². The minimum Gasteiger partial charge on any atom is -0.481 e. The maximum atomic E-state index is 11.8. The van der Waals surface area contributed by atoms with Crippen molar-refractivity contribution < 1.29 is 19.4 Å². The monoisotopic (exact) mass is 395 g/mol. The number of hydrogen-bond acceptors (Lipinski definition) is 6. The van der Waals surface area contributed by atoms with E-state index < -0.39 is 12.1 Å². The van der Waals surface area contributed by atoms with E-state index in [0.717, 1.165) is 15.4 Å². The van der Waals surface area contributed by atoms with Crippen LogP contribution in [0.2, 0.25) is 0 Å². The van der Waals surface area contributed by atoms with Crippen molar-refractivity contribution in [3.05, 3.63) is 54.1 Å². The van der Waals surface area contributed by atoms with E-state index in [0.29, 0.717) is 11.4 Å². The summed E-state index contributed by atoms with van der Waals surface area (Å²) in [5.41, 5.74) is 1.52. The Hall–Kier alpha value is -1.77. The first-order valence-electron chi connectivity index (χ1n) is 7.36. The third-order valence-electron chi connectivity index (χ3n) is 2.96. The van der Waals surface area contributed by atoms with Crippen LogP contribution in [0.1, 0.15) is 12.0 Å². The van der Waals surface area contributed by atoms with Crippen molar-refractivity contribution in [2.45, 2.75) is 22.8 Å². The molecule has 0 bridgehead atoms. The van der Waals surface area contributed by atoms with E-state index in [9.17, 15) is 9.59 Å². The van der Waals surface area contributed by atoms with E-state index >= 15 is 0 Å².